The van der Waals surface area contributed by atoms with Crippen LogP contribution in [0.15, 0.2) is 55.0 Å². The average Bonchev–Trinajstić information content (AvgIpc) is 3.34. The zero-order valence-electron chi connectivity index (χ0n) is 19.0. The quantitative estimate of drug-likeness (QED) is 0.332. The summed E-state index contributed by atoms with van der Waals surface area (Å²) in [5, 5.41) is 13.4. The first-order valence-electron chi connectivity index (χ1n) is 10.8. The first-order valence-corrected chi connectivity index (χ1v) is 10.8. The summed E-state index contributed by atoms with van der Waals surface area (Å²) in [6, 6.07) is 11.3. The zero-order chi connectivity index (χ0) is 23.9. The molecule has 0 aliphatic heterocycles. The number of ether oxygens (including phenoxy) is 2. The van der Waals surface area contributed by atoms with E-state index in [0.29, 0.717) is 42.2 Å². The van der Waals surface area contributed by atoms with E-state index in [0.717, 1.165) is 22.5 Å². The third-order valence-electron chi connectivity index (χ3n) is 5.35. The Labute approximate surface area is 196 Å². The molecule has 0 saturated heterocycles. The number of fused-ring (bicyclic) bond motifs is 1. The van der Waals surface area contributed by atoms with E-state index in [-0.39, 0.29) is 13.2 Å². The van der Waals surface area contributed by atoms with Crippen LogP contribution in [-0.4, -0.2) is 58.8 Å². The van der Waals surface area contributed by atoms with Gasteiger partial charge >= 0.3 is 0 Å². The maximum absolute atomic E-state index is 12.4. The fourth-order valence-electron chi connectivity index (χ4n) is 3.66. The van der Waals surface area contributed by atoms with Crippen molar-refractivity contribution >= 4 is 22.4 Å². The van der Waals surface area contributed by atoms with Gasteiger partial charge in [0.1, 0.15) is 11.5 Å². The van der Waals surface area contributed by atoms with Gasteiger partial charge in [-0.2, -0.15) is 10.0 Å². The summed E-state index contributed by atoms with van der Waals surface area (Å²) in [7, 11) is 3.19. The van der Waals surface area contributed by atoms with Crippen LogP contribution in [0.2, 0.25) is 0 Å². The van der Waals surface area contributed by atoms with Crippen LogP contribution < -0.4 is 14.4 Å². The van der Waals surface area contributed by atoms with E-state index in [1.165, 1.54) is 0 Å². The molecule has 0 unspecified atom stereocenters. The minimum absolute atomic E-state index is 0.00617. The maximum atomic E-state index is 12.4. The molecule has 2 aromatic carbocycles. The minimum atomic E-state index is -0.0209. The van der Waals surface area contributed by atoms with Crippen molar-refractivity contribution in [3.05, 3.63) is 55.0 Å². The van der Waals surface area contributed by atoms with Crippen LogP contribution in [0.25, 0.3) is 22.3 Å². The lowest BCUT2D eigenvalue weighted by atomic mass is 10.1. The van der Waals surface area contributed by atoms with Gasteiger partial charge in [0.2, 0.25) is 0 Å². The van der Waals surface area contributed by atoms with Crippen molar-refractivity contribution in [2.24, 2.45) is 0 Å². The SMILES string of the molecule is COc1cc(OC)cc(N(CCCOF)c2ccc3ncc(-c4cnn(CCO)c4)nc3c2)c1. The van der Waals surface area contributed by atoms with Gasteiger partial charge in [-0.15, -0.1) is 0 Å². The van der Waals surface area contributed by atoms with Crippen molar-refractivity contribution in [3.8, 4) is 22.8 Å². The summed E-state index contributed by atoms with van der Waals surface area (Å²) < 4.78 is 24.9. The van der Waals surface area contributed by atoms with Gasteiger partial charge in [0, 0.05) is 47.9 Å². The Hall–Kier alpha value is -3.76. The first-order chi connectivity index (χ1) is 16.6. The second-order valence-electron chi connectivity index (χ2n) is 7.53. The number of aromatic nitrogens is 4. The number of nitrogens with zero attached hydrogens (tertiary/aromatic N) is 5. The molecule has 9 nitrogen and oxygen atoms in total. The monoisotopic (exact) mass is 467 g/mol. The van der Waals surface area contributed by atoms with E-state index in [4.69, 9.17) is 19.6 Å². The second kappa shape index (κ2) is 10.9. The fourth-order valence-corrected chi connectivity index (χ4v) is 3.66. The topological polar surface area (TPSA) is 94.8 Å². The van der Waals surface area contributed by atoms with Crippen LogP contribution in [0, 0.1) is 0 Å². The highest BCUT2D eigenvalue weighted by Crippen LogP contribution is 2.34. The van der Waals surface area contributed by atoms with Gasteiger partial charge in [0.05, 0.1) is 63.1 Å². The highest BCUT2D eigenvalue weighted by molar-refractivity contribution is 5.82. The van der Waals surface area contributed by atoms with Gasteiger partial charge in [0.15, 0.2) is 0 Å². The highest BCUT2D eigenvalue weighted by Gasteiger charge is 2.15. The van der Waals surface area contributed by atoms with Crippen molar-refractivity contribution in [2.45, 2.75) is 13.0 Å². The Morgan fingerprint density at radius 1 is 1.00 bits per heavy atom. The second-order valence-corrected chi connectivity index (χ2v) is 7.53. The van der Waals surface area contributed by atoms with E-state index in [1.807, 2.05) is 41.4 Å². The van der Waals surface area contributed by atoms with Crippen LogP contribution in [0.1, 0.15) is 6.42 Å². The normalized spacial score (nSPS) is 11.1. The van der Waals surface area contributed by atoms with E-state index in [2.05, 4.69) is 15.0 Å². The number of rotatable bonds is 11. The van der Waals surface area contributed by atoms with Crippen molar-refractivity contribution in [3.63, 3.8) is 0 Å². The van der Waals surface area contributed by atoms with Crippen molar-refractivity contribution in [1.29, 1.82) is 0 Å². The van der Waals surface area contributed by atoms with Gasteiger partial charge in [-0.25, -0.2) is 4.98 Å². The first kappa shape index (κ1) is 23.4. The largest absolute Gasteiger partial charge is 0.497 e. The van der Waals surface area contributed by atoms with E-state index in [9.17, 15) is 4.53 Å². The summed E-state index contributed by atoms with van der Waals surface area (Å²) in [4.78, 5) is 15.1. The minimum Gasteiger partial charge on any atom is -0.497 e. The van der Waals surface area contributed by atoms with Crippen LogP contribution in [0.3, 0.4) is 0 Å². The number of hydrogen-bond donors (Lipinski definition) is 1. The molecule has 0 aliphatic rings. The molecule has 0 aliphatic carbocycles. The Bertz CT molecular complexity index is 1230. The van der Waals surface area contributed by atoms with Gasteiger partial charge < -0.3 is 19.5 Å². The maximum Gasteiger partial charge on any atom is 0.124 e. The van der Waals surface area contributed by atoms with Crippen molar-refractivity contribution < 1.29 is 24.0 Å². The molecule has 0 radical (unpaired) electrons. The molecule has 2 aromatic heterocycles. The number of methoxy groups -OCH3 is 2. The number of hydrogen-bond acceptors (Lipinski definition) is 8. The predicted octanol–water partition coefficient (Wildman–Crippen LogP) is 3.93. The lowest BCUT2D eigenvalue weighted by Crippen LogP contribution is -2.19. The third-order valence-corrected chi connectivity index (χ3v) is 5.35. The summed E-state index contributed by atoms with van der Waals surface area (Å²) in [6.45, 7) is 0.888. The van der Waals surface area contributed by atoms with Crippen LogP contribution >= 0.6 is 0 Å². The lowest BCUT2D eigenvalue weighted by Gasteiger charge is -2.26. The number of aliphatic hydroxyl groups excluding tert-OH is 1. The predicted molar refractivity (Wildman–Crippen MR) is 126 cm³/mol. The smallest absolute Gasteiger partial charge is 0.124 e. The van der Waals surface area contributed by atoms with Crippen molar-refractivity contribution in [1.82, 2.24) is 19.7 Å². The number of aliphatic hydroxyl groups is 1. The summed E-state index contributed by atoms with van der Waals surface area (Å²) >= 11 is 0. The van der Waals surface area contributed by atoms with E-state index in [1.54, 1.807) is 37.4 Å². The van der Waals surface area contributed by atoms with Gasteiger partial charge in [-0.05, 0) is 29.1 Å². The van der Waals surface area contributed by atoms with E-state index < -0.39 is 0 Å². The molecule has 2 heterocycles. The molecule has 1 N–H and O–H groups in total. The number of halogens is 1. The summed E-state index contributed by atoms with van der Waals surface area (Å²) in [5.41, 5.74) is 4.60. The lowest BCUT2D eigenvalue weighted by molar-refractivity contribution is -0.132. The molecule has 34 heavy (non-hydrogen) atoms. The molecule has 0 atom stereocenters. The van der Waals surface area contributed by atoms with Crippen LogP contribution in [0.4, 0.5) is 15.9 Å². The molecule has 4 aromatic rings. The molecular weight excluding hydrogens is 441 g/mol. The Morgan fingerprint density at radius 3 is 2.50 bits per heavy atom. The molecule has 0 fully saturated rings. The highest BCUT2D eigenvalue weighted by atomic mass is 19.3. The zero-order valence-corrected chi connectivity index (χ0v) is 19.0. The van der Waals surface area contributed by atoms with E-state index >= 15 is 0 Å². The van der Waals surface area contributed by atoms with Gasteiger partial charge in [0.25, 0.3) is 0 Å². The summed E-state index contributed by atoms with van der Waals surface area (Å²) in [5.74, 6) is 1.28. The standard InChI is InChI=1S/C24H26FN5O4/c1-32-20-10-19(11-21(13-20)33-2)30(6-3-9-34-25)18-4-5-22-23(12-18)28-24(15-26-22)17-14-27-29(16-17)7-8-31/h4-5,10-16,31H,3,6-9H2,1-2H3. The molecule has 178 valence electrons. The van der Waals surface area contributed by atoms with Crippen molar-refractivity contribution in [2.75, 3.05) is 38.9 Å². The molecule has 0 bridgehead atoms. The number of benzene rings is 2. The Morgan fingerprint density at radius 2 is 1.79 bits per heavy atom. The third kappa shape index (κ3) is 5.24. The molecule has 0 amide bonds. The Balaban J connectivity index is 1.73. The van der Waals surface area contributed by atoms with Gasteiger partial charge in [-0.1, -0.05) is 0 Å². The Kier molecular flexibility index (Phi) is 7.51. The van der Waals surface area contributed by atoms with Crippen LogP contribution in [0.5, 0.6) is 11.5 Å². The molecule has 0 saturated carbocycles. The summed E-state index contributed by atoms with van der Waals surface area (Å²) in [6.07, 6.45) is 5.68. The molecular formula is C24H26FN5O4. The molecule has 10 heteroatoms. The van der Waals surface area contributed by atoms with Crippen LogP contribution in [-0.2, 0) is 11.5 Å². The van der Waals surface area contributed by atoms with Gasteiger partial charge in [-0.3, -0.25) is 9.67 Å². The fraction of sp³-hybridized carbons (Fsp3) is 0.292. The number of anilines is 2. The average molecular weight is 468 g/mol. The molecule has 0 spiro atoms. The molecule has 4 rings (SSSR count).